The number of H-pyrrole nitrogens is 1. The number of aromatic amines is 1. The normalized spacial score (nSPS) is 22.7. The molecule has 4 N–H and O–H groups in total. The molecule has 2 saturated carbocycles. The summed E-state index contributed by atoms with van der Waals surface area (Å²) in [6.45, 7) is 9.57. The van der Waals surface area contributed by atoms with E-state index in [9.17, 15) is 28.4 Å². The number of fused-ring (bicyclic) bond motifs is 1. The summed E-state index contributed by atoms with van der Waals surface area (Å²) in [5, 5.41) is 26.2. The van der Waals surface area contributed by atoms with Crippen LogP contribution >= 0.6 is 0 Å². The molecule has 1 spiro atoms. The Morgan fingerprint density at radius 2 is 1.77 bits per heavy atom. The van der Waals surface area contributed by atoms with Gasteiger partial charge in [0.25, 0.3) is 15.9 Å². The highest BCUT2D eigenvalue weighted by Gasteiger charge is 2.50. The molecule has 338 valence electrons. The van der Waals surface area contributed by atoms with Crippen LogP contribution in [-0.2, 0) is 10.0 Å². The lowest BCUT2D eigenvalue weighted by atomic mass is 9.59. The molecule has 0 unspecified atom stereocenters. The summed E-state index contributed by atoms with van der Waals surface area (Å²) < 4.78 is 35.8. The number of carbonyl (C=O) groups is 1. The minimum Gasteiger partial charge on any atom is -0.455 e. The fourth-order valence-corrected chi connectivity index (χ4v) is 11.6. The molecule has 16 heteroatoms. The molecular weight excluding hydrogens is 833 g/mol. The van der Waals surface area contributed by atoms with Gasteiger partial charge in [-0.2, -0.15) is 0 Å². The molecule has 2 aromatic carbocycles. The predicted octanol–water partition coefficient (Wildman–Crippen LogP) is 8.84. The number of nitrogens with zero attached hydrogens (tertiary/aromatic N) is 5. The van der Waals surface area contributed by atoms with E-state index in [1.165, 1.54) is 43.0 Å². The summed E-state index contributed by atoms with van der Waals surface area (Å²) in [7, 11) is -4.62. The van der Waals surface area contributed by atoms with Gasteiger partial charge in [-0.3, -0.25) is 19.8 Å². The maximum Gasteiger partial charge on any atom is 0.312 e. The topological polar surface area (TPSA) is 196 Å². The quantitative estimate of drug-likeness (QED) is 0.0649. The first-order chi connectivity index (χ1) is 30.7. The standard InChI is InChI=1S/C48H58N8O7S/c1-31(2)38-7-4-5-8-39(38)41-9-6-20-55(41)35-26-48(27-35)17-21-54(22-18-48)34-10-11-40(43(24-34)63-36-23-33-14-19-49-44(33)51-29-36)46(57)53-64(61,62)37-25-42(56(59)60)45(52-30-37)50-28-32-12-15-47(3,58)16-13-32/h4-5,7-8,10-11,14,19,23-25,29-32,35,41,58H,6,9,12-13,15-18,20-22,26-28H2,1-3H3,(H,49,51)(H,50,52)(H,53,57)/t32?,41-,47?/m1/s1. The molecule has 2 aliphatic carbocycles. The van der Waals surface area contributed by atoms with E-state index in [-0.39, 0.29) is 23.0 Å². The van der Waals surface area contributed by atoms with Crippen LogP contribution in [0.2, 0.25) is 0 Å². The Bertz CT molecular complexity index is 2640. The summed E-state index contributed by atoms with van der Waals surface area (Å²) in [4.78, 5) is 41.5. The zero-order valence-corrected chi connectivity index (χ0v) is 37.6. The van der Waals surface area contributed by atoms with E-state index in [2.05, 4.69) is 72.9 Å². The molecule has 0 radical (unpaired) electrons. The van der Waals surface area contributed by atoms with Crippen LogP contribution < -0.4 is 19.7 Å². The number of carbonyl (C=O) groups excluding carboxylic acids is 1. The molecular formula is C48H58N8O7S. The third kappa shape index (κ3) is 9.04. The molecule has 0 bridgehead atoms. The van der Waals surface area contributed by atoms with Crippen LogP contribution in [0.15, 0.2) is 84.1 Å². The Balaban J connectivity index is 0.895. The highest BCUT2D eigenvalue weighted by Crippen LogP contribution is 2.54. The number of benzene rings is 2. The van der Waals surface area contributed by atoms with E-state index >= 15 is 0 Å². The van der Waals surface area contributed by atoms with Gasteiger partial charge in [-0.15, -0.1) is 0 Å². The number of likely N-dealkylation sites (tertiary alicyclic amines) is 1. The SMILES string of the molecule is CC(C)c1ccccc1[C@H]1CCCN1C1CC2(CCN(c3ccc(C(=O)NS(=O)(=O)c4cnc(NCC5CCC(C)(O)CC5)c([N+](=O)[O-])c4)c(Oc4cnc5[nH]ccc5c4)c3)CC2)C1. The number of nitro groups is 1. The average Bonchev–Trinajstić information content (AvgIpc) is 3.95. The lowest BCUT2D eigenvalue weighted by Crippen LogP contribution is -2.54. The molecule has 64 heavy (non-hydrogen) atoms. The van der Waals surface area contributed by atoms with E-state index in [0.29, 0.717) is 54.2 Å². The van der Waals surface area contributed by atoms with Crippen LogP contribution in [0.4, 0.5) is 17.2 Å². The number of hydrogen-bond acceptors (Lipinski definition) is 12. The first-order valence-corrected chi connectivity index (χ1v) is 24.2. The summed E-state index contributed by atoms with van der Waals surface area (Å²) in [5.41, 5.74) is 3.47. The van der Waals surface area contributed by atoms with Gasteiger partial charge in [-0.1, -0.05) is 38.1 Å². The Morgan fingerprint density at radius 3 is 2.52 bits per heavy atom. The number of piperidine rings is 1. The molecule has 1 amide bonds. The van der Waals surface area contributed by atoms with E-state index in [0.717, 1.165) is 68.7 Å². The van der Waals surface area contributed by atoms with E-state index in [4.69, 9.17) is 4.74 Å². The second-order valence-corrected chi connectivity index (χ2v) is 20.8. The number of rotatable bonds is 13. The summed E-state index contributed by atoms with van der Waals surface area (Å²) in [5.74, 6) is 0.117. The average molecular weight is 891 g/mol. The maximum atomic E-state index is 14.0. The number of aliphatic hydroxyl groups is 1. The molecule has 2 saturated heterocycles. The largest absolute Gasteiger partial charge is 0.455 e. The number of anilines is 2. The highest BCUT2D eigenvalue weighted by molar-refractivity contribution is 7.90. The monoisotopic (exact) mass is 890 g/mol. The maximum absolute atomic E-state index is 14.0. The van der Waals surface area contributed by atoms with E-state index in [1.807, 2.05) is 12.1 Å². The fraction of sp³-hybridized carbons (Fsp3) is 0.479. The number of nitrogens with one attached hydrogen (secondary N) is 3. The van der Waals surface area contributed by atoms with Gasteiger partial charge < -0.3 is 25.0 Å². The second-order valence-electron chi connectivity index (χ2n) is 19.1. The minimum atomic E-state index is -4.62. The van der Waals surface area contributed by atoms with Crippen molar-refractivity contribution in [3.05, 3.63) is 106 Å². The molecule has 4 fully saturated rings. The number of pyridine rings is 2. The van der Waals surface area contributed by atoms with Crippen molar-refractivity contribution in [3.8, 4) is 11.5 Å². The van der Waals surface area contributed by atoms with Gasteiger partial charge in [-0.25, -0.2) is 23.1 Å². The van der Waals surface area contributed by atoms with E-state index in [1.54, 1.807) is 31.3 Å². The van der Waals surface area contributed by atoms with Crippen molar-refractivity contribution in [1.82, 2.24) is 24.6 Å². The molecule has 1 atom stereocenters. The van der Waals surface area contributed by atoms with Gasteiger partial charge in [0.05, 0.1) is 28.5 Å². The van der Waals surface area contributed by atoms with Crippen molar-refractivity contribution in [2.24, 2.45) is 11.3 Å². The predicted molar refractivity (Wildman–Crippen MR) is 245 cm³/mol. The third-order valence-electron chi connectivity index (χ3n) is 14.4. The number of sulfonamides is 1. The van der Waals surface area contributed by atoms with Crippen molar-refractivity contribution in [2.45, 2.75) is 113 Å². The van der Waals surface area contributed by atoms with Gasteiger partial charge in [-0.05, 0) is 130 Å². The lowest BCUT2D eigenvalue weighted by Gasteiger charge is -2.56. The first kappa shape index (κ1) is 43.7. The van der Waals surface area contributed by atoms with Crippen molar-refractivity contribution < 1.29 is 28.0 Å². The second kappa shape index (κ2) is 17.4. The molecule has 9 rings (SSSR count). The number of aromatic nitrogens is 3. The number of ether oxygens (including phenoxy) is 1. The Morgan fingerprint density at radius 1 is 1.00 bits per heavy atom. The van der Waals surface area contributed by atoms with Gasteiger partial charge >= 0.3 is 5.69 Å². The fourth-order valence-electron chi connectivity index (χ4n) is 10.6. The number of hydrogen-bond donors (Lipinski definition) is 4. The highest BCUT2D eigenvalue weighted by atomic mass is 32.2. The van der Waals surface area contributed by atoms with Gasteiger partial charge in [0.2, 0.25) is 5.82 Å². The van der Waals surface area contributed by atoms with Crippen LogP contribution in [0.3, 0.4) is 0 Å². The van der Waals surface area contributed by atoms with Crippen LogP contribution in [0.1, 0.15) is 118 Å². The molecule has 5 aromatic rings. The first-order valence-electron chi connectivity index (χ1n) is 22.7. The van der Waals surface area contributed by atoms with Crippen molar-refractivity contribution in [3.63, 3.8) is 0 Å². The summed E-state index contributed by atoms with van der Waals surface area (Å²) in [6, 6.07) is 19.7. The van der Waals surface area contributed by atoms with Crippen molar-refractivity contribution in [2.75, 3.05) is 36.4 Å². The third-order valence-corrected chi connectivity index (χ3v) is 15.7. The van der Waals surface area contributed by atoms with Crippen molar-refractivity contribution >= 4 is 44.2 Å². The van der Waals surface area contributed by atoms with Crippen LogP contribution in [0.5, 0.6) is 11.5 Å². The molecule has 3 aromatic heterocycles. The van der Waals surface area contributed by atoms with Gasteiger partial charge in [0.1, 0.15) is 22.0 Å². The summed E-state index contributed by atoms with van der Waals surface area (Å²) in [6.07, 6.45) is 13.9. The van der Waals surface area contributed by atoms with E-state index < -0.39 is 37.0 Å². The Labute approximate surface area is 374 Å². The zero-order chi connectivity index (χ0) is 44.8. The summed E-state index contributed by atoms with van der Waals surface area (Å²) >= 11 is 0. The molecule has 2 aliphatic heterocycles. The van der Waals surface area contributed by atoms with Crippen molar-refractivity contribution in [1.29, 1.82) is 0 Å². The smallest absolute Gasteiger partial charge is 0.312 e. The molecule has 15 nitrogen and oxygen atoms in total. The van der Waals surface area contributed by atoms with Crippen LogP contribution in [0.25, 0.3) is 11.0 Å². The molecule has 5 heterocycles. The minimum absolute atomic E-state index is 0.0387. The number of amides is 1. The Kier molecular flexibility index (Phi) is 11.9. The van der Waals surface area contributed by atoms with Crippen LogP contribution in [-0.4, -0.2) is 82.0 Å². The van der Waals surface area contributed by atoms with Crippen LogP contribution in [0, 0.1) is 21.4 Å². The molecule has 4 aliphatic rings. The lowest BCUT2D eigenvalue weighted by molar-refractivity contribution is -0.384. The Hall–Kier alpha value is -5.58. The zero-order valence-electron chi connectivity index (χ0n) is 36.8. The van der Waals surface area contributed by atoms with Gasteiger partial charge in [0.15, 0.2) is 0 Å². The van der Waals surface area contributed by atoms with Gasteiger partial charge in [0, 0.05) is 61.1 Å².